The summed E-state index contributed by atoms with van der Waals surface area (Å²) in [4.78, 5) is 0. The molecule has 2 nitrogen and oxygen atoms in total. The minimum absolute atomic E-state index is 0.0347. The molecule has 2 fully saturated rings. The molecule has 0 aromatic heterocycles. The molecule has 0 amide bonds. The van der Waals surface area contributed by atoms with E-state index >= 15 is 0 Å². The number of hydrogen-bond acceptors (Lipinski definition) is 2. The third-order valence-electron chi connectivity index (χ3n) is 4.11. The summed E-state index contributed by atoms with van der Waals surface area (Å²) in [5.41, 5.74) is 0.255. The highest BCUT2D eigenvalue weighted by Crippen LogP contribution is 2.42. The summed E-state index contributed by atoms with van der Waals surface area (Å²) in [7, 11) is 0. The maximum atomic E-state index is 13.1. The molecule has 1 aliphatic heterocycles. The van der Waals surface area contributed by atoms with Crippen molar-refractivity contribution in [1.29, 1.82) is 0 Å². The van der Waals surface area contributed by atoms with Gasteiger partial charge in [0.2, 0.25) is 0 Å². The van der Waals surface area contributed by atoms with Crippen LogP contribution in [0.4, 0.5) is 18.9 Å². The summed E-state index contributed by atoms with van der Waals surface area (Å²) in [6.07, 6.45) is 4.91. The van der Waals surface area contributed by atoms with Crippen molar-refractivity contribution >= 4 is 5.69 Å². The summed E-state index contributed by atoms with van der Waals surface area (Å²) in [5, 5.41) is 3.09. The second-order valence-corrected chi connectivity index (χ2v) is 5.47. The zero-order valence-corrected chi connectivity index (χ0v) is 10.5. The lowest BCUT2D eigenvalue weighted by molar-refractivity contribution is -0.130. The van der Waals surface area contributed by atoms with Gasteiger partial charge in [-0.2, -0.15) is 0 Å². The average molecular weight is 271 g/mol. The van der Waals surface area contributed by atoms with E-state index in [9.17, 15) is 13.2 Å². The Bertz CT molecular complexity index is 465. The van der Waals surface area contributed by atoms with E-state index in [4.69, 9.17) is 4.74 Å². The average Bonchev–Trinajstić information content (AvgIpc) is 2.34. The largest absolute Gasteiger partial charge is 0.382 e. The van der Waals surface area contributed by atoms with Crippen LogP contribution in [-0.4, -0.2) is 18.2 Å². The van der Waals surface area contributed by atoms with E-state index in [0.29, 0.717) is 6.61 Å². The van der Waals surface area contributed by atoms with Crippen molar-refractivity contribution in [2.24, 2.45) is 0 Å². The Balaban J connectivity index is 1.71. The van der Waals surface area contributed by atoms with Crippen molar-refractivity contribution in [3.05, 3.63) is 29.6 Å². The molecule has 1 saturated carbocycles. The van der Waals surface area contributed by atoms with Gasteiger partial charge in [-0.25, -0.2) is 13.2 Å². The van der Waals surface area contributed by atoms with Gasteiger partial charge in [0.15, 0.2) is 17.5 Å². The Kier molecular flexibility index (Phi) is 3.17. The van der Waals surface area contributed by atoms with Gasteiger partial charge in [-0.1, -0.05) is 0 Å². The number of halogens is 3. The van der Waals surface area contributed by atoms with Crippen LogP contribution >= 0.6 is 0 Å². The normalized spacial score (nSPS) is 25.1. The first-order valence-electron chi connectivity index (χ1n) is 6.63. The standard InChI is InChI=1S/C14H16F3NO/c15-11-6-10(7-12(16)13(11)17)18-9-2-5-19-14(8-9)3-1-4-14/h6-7,9,18H,1-5,8H2. The second kappa shape index (κ2) is 4.71. The number of benzene rings is 1. The minimum atomic E-state index is -1.42. The van der Waals surface area contributed by atoms with E-state index in [1.807, 2.05) is 0 Å². The fourth-order valence-corrected chi connectivity index (χ4v) is 2.95. The topological polar surface area (TPSA) is 21.3 Å². The summed E-state index contributed by atoms with van der Waals surface area (Å²) in [6, 6.07) is 2.13. The van der Waals surface area contributed by atoms with Gasteiger partial charge in [0, 0.05) is 30.5 Å². The minimum Gasteiger partial charge on any atom is -0.382 e. The van der Waals surface area contributed by atoms with Gasteiger partial charge < -0.3 is 10.1 Å². The number of rotatable bonds is 2. The van der Waals surface area contributed by atoms with Crippen LogP contribution in [-0.2, 0) is 4.74 Å². The van der Waals surface area contributed by atoms with Gasteiger partial charge >= 0.3 is 0 Å². The molecule has 1 unspecified atom stereocenters. The molecule has 0 radical (unpaired) electrons. The number of ether oxygens (including phenoxy) is 1. The SMILES string of the molecule is Fc1cc(NC2CCOC3(CCC3)C2)cc(F)c1F. The van der Waals surface area contributed by atoms with Crippen molar-refractivity contribution in [2.75, 3.05) is 11.9 Å². The quantitative estimate of drug-likeness (QED) is 0.829. The van der Waals surface area contributed by atoms with Gasteiger partial charge in [0.25, 0.3) is 0 Å². The molecule has 0 bridgehead atoms. The molecule has 1 aliphatic carbocycles. The third-order valence-corrected chi connectivity index (χ3v) is 4.11. The highest BCUT2D eigenvalue weighted by atomic mass is 19.2. The number of anilines is 1. The first-order valence-corrected chi connectivity index (χ1v) is 6.63. The summed E-state index contributed by atoms with van der Waals surface area (Å²) in [5.74, 6) is -3.74. The van der Waals surface area contributed by atoms with E-state index in [2.05, 4.69) is 5.32 Å². The zero-order chi connectivity index (χ0) is 13.5. The van der Waals surface area contributed by atoms with E-state index in [0.717, 1.165) is 37.8 Å². The van der Waals surface area contributed by atoms with E-state index in [1.165, 1.54) is 6.42 Å². The Labute approximate surface area is 109 Å². The van der Waals surface area contributed by atoms with Crippen molar-refractivity contribution in [3.63, 3.8) is 0 Å². The van der Waals surface area contributed by atoms with E-state index in [-0.39, 0.29) is 17.3 Å². The lowest BCUT2D eigenvalue weighted by Gasteiger charge is -2.47. The number of nitrogens with one attached hydrogen (secondary N) is 1. The van der Waals surface area contributed by atoms with Crippen LogP contribution in [0, 0.1) is 17.5 Å². The Hall–Kier alpha value is -1.23. The summed E-state index contributed by atoms with van der Waals surface area (Å²) < 4.78 is 45.0. The highest BCUT2D eigenvalue weighted by Gasteiger charge is 2.42. The third kappa shape index (κ3) is 2.43. The molecular weight excluding hydrogens is 255 g/mol. The predicted octanol–water partition coefficient (Wildman–Crippen LogP) is 3.62. The van der Waals surface area contributed by atoms with Crippen LogP contribution in [0.2, 0.25) is 0 Å². The monoisotopic (exact) mass is 271 g/mol. The van der Waals surface area contributed by atoms with Crippen LogP contribution in [0.25, 0.3) is 0 Å². The van der Waals surface area contributed by atoms with Crippen LogP contribution in [0.15, 0.2) is 12.1 Å². The van der Waals surface area contributed by atoms with E-state index < -0.39 is 17.5 Å². The van der Waals surface area contributed by atoms with Crippen LogP contribution < -0.4 is 5.32 Å². The van der Waals surface area contributed by atoms with Crippen LogP contribution in [0.1, 0.15) is 32.1 Å². The van der Waals surface area contributed by atoms with Crippen LogP contribution in [0.3, 0.4) is 0 Å². The molecule has 104 valence electrons. The molecule has 1 spiro atoms. The molecule has 1 aromatic carbocycles. The summed E-state index contributed by atoms with van der Waals surface area (Å²) >= 11 is 0. The van der Waals surface area contributed by atoms with Gasteiger partial charge in [0.1, 0.15) is 0 Å². The lowest BCUT2D eigenvalue weighted by atomic mass is 9.74. The molecule has 1 saturated heterocycles. The molecule has 1 N–H and O–H groups in total. The fraction of sp³-hybridized carbons (Fsp3) is 0.571. The zero-order valence-electron chi connectivity index (χ0n) is 10.5. The van der Waals surface area contributed by atoms with Gasteiger partial charge in [-0.3, -0.25) is 0 Å². The lowest BCUT2D eigenvalue weighted by Crippen LogP contribution is -2.49. The number of hydrogen-bond donors (Lipinski definition) is 1. The molecular formula is C14H16F3NO. The maximum Gasteiger partial charge on any atom is 0.194 e. The smallest absolute Gasteiger partial charge is 0.194 e. The second-order valence-electron chi connectivity index (χ2n) is 5.47. The molecule has 19 heavy (non-hydrogen) atoms. The Morgan fingerprint density at radius 3 is 2.42 bits per heavy atom. The summed E-state index contributed by atoms with van der Waals surface area (Å²) in [6.45, 7) is 0.657. The van der Waals surface area contributed by atoms with Gasteiger partial charge in [-0.05, 0) is 32.1 Å². The van der Waals surface area contributed by atoms with Crippen molar-refractivity contribution in [2.45, 2.75) is 43.7 Å². The van der Waals surface area contributed by atoms with Gasteiger partial charge in [0.05, 0.1) is 5.60 Å². The maximum absolute atomic E-state index is 13.1. The van der Waals surface area contributed by atoms with Gasteiger partial charge in [-0.15, -0.1) is 0 Å². The van der Waals surface area contributed by atoms with E-state index in [1.54, 1.807) is 0 Å². The van der Waals surface area contributed by atoms with Crippen LogP contribution in [0.5, 0.6) is 0 Å². The molecule has 1 aromatic rings. The molecule has 5 heteroatoms. The molecule has 3 rings (SSSR count). The first kappa shape index (κ1) is 12.8. The highest BCUT2D eigenvalue weighted by molar-refractivity contribution is 5.45. The first-order chi connectivity index (χ1) is 9.08. The molecule has 2 aliphatic rings. The fourth-order valence-electron chi connectivity index (χ4n) is 2.95. The Morgan fingerprint density at radius 2 is 1.84 bits per heavy atom. The van der Waals surface area contributed by atoms with Crippen molar-refractivity contribution < 1.29 is 17.9 Å². The molecule has 1 heterocycles. The van der Waals surface area contributed by atoms with Crippen molar-refractivity contribution in [3.8, 4) is 0 Å². The Morgan fingerprint density at radius 1 is 1.16 bits per heavy atom. The predicted molar refractivity (Wildman–Crippen MR) is 65.5 cm³/mol. The van der Waals surface area contributed by atoms with Crippen molar-refractivity contribution in [1.82, 2.24) is 0 Å². The molecule has 1 atom stereocenters.